The van der Waals surface area contributed by atoms with Gasteiger partial charge in [-0.2, -0.15) is 0 Å². The summed E-state index contributed by atoms with van der Waals surface area (Å²) < 4.78 is 21.4. The first kappa shape index (κ1) is 18.6. The average Bonchev–Trinajstić information content (AvgIpc) is 2.92. The van der Waals surface area contributed by atoms with Gasteiger partial charge in [0.05, 0.1) is 26.7 Å². The molecule has 2 aromatic rings. The van der Waals surface area contributed by atoms with Crippen LogP contribution in [-0.2, 0) is 20.7 Å². The van der Waals surface area contributed by atoms with Crippen LogP contribution in [0.2, 0.25) is 0 Å². The molecule has 0 saturated heterocycles. The maximum atomic E-state index is 12.0. The lowest BCUT2D eigenvalue weighted by molar-refractivity contribution is -0.146. The molecule has 1 amide bonds. The second-order valence-electron chi connectivity index (χ2n) is 5.91. The third kappa shape index (κ3) is 5.13. The van der Waals surface area contributed by atoms with Gasteiger partial charge in [-0.05, 0) is 18.2 Å². The van der Waals surface area contributed by atoms with Crippen molar-refractivity contribution in [3.8, 4) is 17.2 Å². The maximum Gasteiger partial charge on any atom is 0.310 e. The Balaban J connectivity index is 1.51. The van der Waals surface area contributed by atoms with Gasteiger partial charge in [-0.3, -0.25) is 9.59 Å². The van der Waals surface area contributed by atoms with E-state index in [0.29, 0.717) is 41.7 Å². The van der Waals surface area contributed by atoms with Crippen molar-refractivity contribution in [1.82, 2.24) is 0 Å². The number of fused-ring (bicyclic) bond motifs is 1. The number of hydrogen-bond donors (Lipinski definition) is 1. The van der Waals surface area contributed by atoms with Crippen molar-refractivity contribution in [2.24, 2.45) is 0 Å². The number of anilines is 1. The highest BCUT2D eigenvalue weighted by molar-refractivity contribution is 5.93. The minimum absolute atomic E-state index is 0.0291. The molecule has 0 aromatic heterocycles. The lowest BCUT2D eigenvalue weighted by atomic mass is 10.1. The maximum absolute atomic E-state index is 12.0. The molecule has 7 nitrogen and oxygen atoms in total. The van der Waals surface area contributed by atoms with E-state index < -0.39 is 11.9 Å². The largest absolute Gasteiger partial charge is 0.496 e. The molecule has 0 fully saturated rings. The zero-order valence-corrected chi connectivity index (χ0v) is 15.0. The Morgan fingerprint density at radius 2 is 1.85 bits per heavy atom. The Morgan fingerprint density at radius 1 is 1.07 bits per heavy atom. The van der Waals surface area contributed by atoms with Gasteiger partial charge in [0.2, 0.25) is 0 Å². The monoisotopic (exact) mass is 371 g/mol. The number of benzene rings is 2. The van der Waals surface area contributed by atoms with Crippen LogP contribution in [0.25, 0.3) is 0 Å². The summed E-state index contributed by atoms with van der Waals surface area (Å²) in [6.07, 6.45) is 0.833. The van der Waals surface area contributed by atoms with Crippen LogP contribution in [0.5, 0.6) is 17.2 Å². The smallest absolute Gasteiger partial charge is 0.310 e. The van der Waals surface area contributed by atoms with Gasteiger partial charge in [0, 0.05) is 23.7 Å². The number of para-hydroxylation sites is 1. The van der Waals surface area contributed by atoms with Gasteiger partial charge in [-0.25, -0.2) is 0 Å². The van der Waals surface area contributed by atoms with Gasteiger partial charge < -0.3 is 24.3 Å². The summed E-state index contributed by atoms with van der Waals surface area (Å²) in [4.78, 5) is 24.0. The van der Waals surface area contributed by atoms with Crippen LogP contribution in [0.3, 0.4) is 0 Å². The summed E-state index contributed by atoms with van der Waals surface area (Å²) >= 11 is 0. The van der Waals surface area contributed by atoms with E-state index >= 15 is 0 Å². The zero-order chi connectivity index (χ0) is 19.1. The van der Waals surface area contributed by atoms with E-state index in [4.69, 9.17) is 18.9 Å². The number of methoxy groups -OCH3 is 1. The van der Waals surface area contributed by atoms with E-state index in [-0.39, 0.29) is 13.0 Å². The van der Waals surface area contributed by atoms with Crippen molar-refractivity contribution in [2.45, 2.75) is 12.8 Å². The average molecular weight is 371 g/mol. The van der Waals surface area contributed by atoms with Crippen LogP contribution >= 0.6 is 0 Å². The molecule has 1 aliphatic heterocycles. The number of ether oxygens (including phenoxy) is 4. The minimum Gasteiger partial charge on any atom is -0.496 e. The Hall–Kier alpha value is -3.22. The predicted octanol–water partition coefficient (Wildman–Crippen LogP) is 2.58. The van der Waals surface area contributed by atoms with E-state index in [0.717, 1.165) is 6.42 Å². The highest BCUT2D eigenvalue weighted by atomic mass is 16.5. The number of esters is 1. The van der Waals surface area contributed by atoms with E-state index in [1.165, 1.54) is 7.11 Å². The fraction of sp³-hybridized carbons (Fsp3) is 0.300. The Labute approximate surface area is 157 Å². The number of rotatable bonds is 6. The molecule has 3 rings (SSSR count). The standard InChI is InChI=1S/C20H21NO6/c1-24-16-6-3-2-5-14(16)11-20(23)27-13-19(22)21-15-7-8-17-18(12-15)26-10-4-9-25-17/h2-3,5-8,12H,4,9-11,13H2,1H3,(H,21,22). The summed E-state index contributed by atoms with van der Waals surface area (Å²) in [6, 6.07) is 12.3. The van der Waals surface area contributed by atoms with Gasteiger partial charge >= 0.3 is 5.97 Å². The summed E-state index contributed by atoms with van der Waals surface area (Å²) in [5.41, 5.74) is 1.25. The van der Waals surface area contributed by atoms with E-state index in [1.54, 1.807) is 30.3 Å². The van der Waals surface area contributed by atoms with E-state index in [1.807, 2.05) is 12.1 Å². The number of carbonyl (C=O) groups excluding carboxylic acids is 2. The van der Waals surface area contributed by atoms with Crippen LogP contribution in [-0.4, -0.2) is 38.8 Å². The molecule has 0 unspecified atom stereocenters. The van der Waals surface area contributed by atoms with Crippen molar-refractivity contribution >= 4 is 17.6 Å². The van der Waals surface area contributed by atoms with E-state index in [2.05, 4.69) is 5.32 Å². The highest BCUT2D eigenvalue weighted by Crippen LogP contribution is 2.32. The van der Waals surface area contributed by atoms with Crippen LogP contribution < -0.4 is 19.5 Å². The van der Waals surface area contributed by atoms with Gasteiger partial charge in [0.1, 0.15) is 5.75 Å². The second kappa shape index (κ2) is 8.93. The van der Waals surface area contributed by atoms with Crippen LogP contribution in [0.1, 0.15) is 12.0 Å². The predicted molar refractivity (Wildman–Crippen MR) is 98.3 cm³/mol. The molecular weight excluding hydrogens is 350 g/mol. The lowest BCUT2D eigenvalue weighted by Crippen LogP contribution is -2.21. The van der Waals surface area contributed by atoms with Crippen LogP contribution in [0.15, 0.2) is 42.5 Å². The fourth-order valence-corrected chi connectivity index (χ4v) is 2.64. The topological polar surface area (TPSA) is 83.1 Å². The molecule has 142 valence electrons. The molecule has 1 N–H and O–H groups in total. The third-order valence-corrected chi connectivity index (χ3v) is 3.92. The molecule has 2 aromatic carbocycles. The molecule has 0 bridgehead atoms. The second-order valence-corrected chi connectivity index (χ2v) is 5.91. The van der Waals surface area contributed by atoms with Crippen molar-refractivity contribution in [2.75, 3.05) is 32.2 Å². The zero-order valence-electron chi connectivity index (χ0n) is 15.0. The summed E-state index contributed by atoms with van der Waals surface area (Å²) in [5, 5.41) is 2.68. The molecule has 27 heavy (non-hydrogen) atoms. The summed E-state index contributed by atoms with van der Waals surface area (Å²) in [5.74, 6) is 0.893. The van der Waals surface area contributed by atoms with E-state index in [9.17, 15) is 9.59 Å². The Kier molecular flexibility index (Phi) is 6.14. The van der Waals surface area contributed by atoms with Gasteiger partial charge in [0.15, 0.2) is 18.1 Å². The van der Waals surface area contributed by atoms with Gasteiger partial charge in [0.25, 0.3) is 5.91 Å². The first-order valence-electron chi connectivity index (χ1n) is 8.63. The van der Waals surface area contributed by atoms with Crippen LogP contribution in [0, 0.1) is 0 Å². The van der Waals surface area contributed by atoms with Crippen molar-refractivity contribution in [3.05, 3.63) is 48.0 Å². The number of amides is 1. The first-order chi connectivity index (χ1) is 13.2. The van der Waals surface area contributed by atoms with Crippen LogP contribution in [0.4, 0.5) is 5.69 Å². The molecular formula is C20H21NO6. The quantitative estimate of drug-likeness (QED) is 0.786. The SMILES string of the molecule is COc1ccccc1CC(=O)OCC(=O)Nc1ccc2c(c1)OCCCO2. The molecule has 0 radical (unpaired) electrons. The van der Waals surface area contributed by atoms with Gasteiger partial charge in [-0.15, -0.1) is 0 Å². The summed E-state index contributed by atoms with van der Waals surface area (Å²) in [7, 11) is 1.53. The number of hydrogen-bond acceptors (Lipinski definition) is 6. The van der Waals surface area contributed by atoms with Crippen molar-refractivity contribution < 1.29 is 28.5 Å². The molecule has 0 atom stereocenters. The summed E-state index contributed by atoms with van der Waals surface area (Å²) in [6.45, 7) is 0.786. The first-order valence-corrected chi connectivity index (χ1v) is 8.63. The number of carbonyl (C=O) groups is 2. The molecule has 0 aliphatic carbocycles. The lowest BCUT2D eigenvalue weighted by Gasteiger charge is -2.11. The third-order valence-electron chi connectivity index (χ3n) is 3.92. The molecule has 1 heterocycles. The molecule has 1 aliphatic rings. The highest BCUT2D eigenvalue weighted by Gasteiger charge is 2.14. The molecule has 7 heteroatoms. The normalized spacial score (nSPS) is 12.6. The molecule has 0 saturated carbocycles. The number of nitrogens with one attached hydrogen (secondary N) is 1. The fourth-order valence-electron chi connectivity index (χ4n) is 2.64. The Bertz CT molecular complexity index is 820. The Morgan fingerprint density at radius 3 is 2.67 bits per heavy atom. The molecule has 0 spiro atoms. The van der Waals surface area contributed by atoms with Crippen molar-refractivity contribution in [3.63, 3.8) is 0 Å². The minimum atomic E-state index is -0.506. The van der Waals surface area contributed by atoms with Gasteiger partial charge in [-0.1, -0.05) is 18.2 Å². The van der Waals surface area contributed by atoms with Crippen molar-refractivity contribution in [1.29, 1.82) is 0 Å².